The van der Waals surface area contributed by atoms with Gasteiger partial charge in [0, 0.05) is 18.0 Å². The highest BCUT2D eigenvalue weighted by Crippen LogP contribution is 2.25. The first kappa shape index (κ1) is 26.9. The highest BCUT2D eigenvalue weighted by Gasteiger charge is 2.54. The number of oxime groups is 1. The van der Waals surface area contributed by atoms with Gasteiger partial charge in [-0.25, -0.2) is 14.1 Å². The minimum Gasteiger partial charge on any atom is -0.478 e. The number of carboxylic acid groups (broad SMARTS) is 1. The number of nitrogen functional groups attached to an aromatic ring is 1. The summed E-state index contributed by atoms with van der Waals surface area (Å²) in [4.78, 5) is 45.9. The van der Waals surface area contributed by atoms with Gasteiger partial charge in [-0.15, -0.1) is 16.4 Å². The molecule has 3 rings (SSSR count). The third-order valence-corrected chi connectivity index (χ3v) is 6.55. The number of carbonyl (C=O) groups excluding carboxylic acids is 2. The Kier molecular flexibility index (Phi) is 7.57. The van der Waals surface area contributed by atoms with Gasteiger partial charge in [0.25, 0.3) is 11.8 Å². The molecule has 1 aliphatic heterocycles. The quantitative estimate of drug-likeness (QED) is 0.0854. The van der Waals surface area contributed by atoms with Crippen LogP contribution in [0.2, 0.25) is 0 Å². The van der Waals surface area contributed by atoms with Crippen LogP contribution in [0, 0.1) is 0 Å². The van der Waals surface area contributed by atoms with E-state index in [4.69, 9.17) is 16.3 Å². The predicted octanol–water partition coefficient (Wildman–Crippen LogP) is -2.40. The Morgan fingerprint density at radius 2 is 2.08 bits per heavy atom. The molecule has 2 atom stereocenters. The molecule has 196 valence electrons. The number of anilines is 1. The van der Waals surface area contributed by atoms with Crippen LogP contribution >= 0.6 is 11.3 Å². The smallest absolute Gasteiger partial charge is 0.362 e. The van der Waals surface area contributed by atoms with E-state index >= 15 is 0 Å². The molecule has 0 bridgehead atoms. The minimum absolute atomic E-state index is 0.0672. The van der Waals surface area contributed by atoms with Gasteiger partial charge in [0.1, 0.15) is 11.7 Å². The van der Waals surface area contributed by atoms with Crippen molar-refractivity contribution in [3.8, 4) is 0 Å². The van der Waals surface area contributed by atoms with Crippen molar-refractivity contribution in [2.45, 2.75) is 44.5 Å². The Labute approximate surface area is 208 Å². The number of nitrogens with zero attached hydrogens (tertiary/aromatic N) is 6. The van der Waals surface area contributed by atoms with E-state index in [0.29, 0.717) is 18.7 Å². The van der Waals surface area contributed by atoms with E-state index in [-0.39, 0.29) is 21.7 Å². The van der Waals surface area contributed by atoms with Crippen molar-refractivity contribution in [1.82, 2.24) is 29.6 Å². The van der Waals surface area contributed by atoms with Gasteiger partial charge in [-0.2, -0.15) is 8.42 Å². The average Bonchev–Trinajstić information content (AvgIpc) is 3.39. The fourth-order valence-electron chi connectivity index (χ4n) is 3.03. The summed E-state index contributed by atoms with van der Waals surface area (Å²) in [6.07, 6.45) is 1.87. The molecule has 0 aliphatic carbocycles. The lowest BCUT2D eigenvalue weighted by molar-refractivity contribution is -0.161. The molecule has 0 saturated carbocycles. The number of hydrogen-bond acceptors (Lipinski definition) is 13. The van der Waals surface area contributed by atoms with E-state index in [1.54, 1.807) is 0 Å². The monoisotopic (exact) mass is 545 g/mol. The van der Waals surface area contributed by atoms with Crippen LogP contribution in [-0.2, 0) is 42.5 Å². The maximum absolute atomic E-state index is 13.1. The number of carbonyl (C=O) groups is 3. The molecule has 1 saturated heterocycles. The number of amides is 2. The van der Waals surface area contributed by atoms with Gasteiger partial charge >= 0.3 is 16.3 Å². The molecule has 0 unspecified atom stereocenters. The average molecular weight is 546 g/mol. The van der Waals surface area contributed by atoms with E-state index in [1.807, 2.05) is 0 Å². The SMILES string of the molecule is CC(C)(ON=C(C(=O)N[C@@H]1C(=O)N(S(=O)(=O)O)[C@H]1Cn1cc(CCN)nn1)c1csc(N)n1)C(=O)O. The molecule has 1 fully saturated rings. The second-order valence-corrected chi connectivity index (χ2v) is 10.2. The summed E-state index contributed by atoms with van der Waals surface area (Å²) in [6, 6.07) is -2.71. The van der Waals surface area contributed by atoms with Gasteiger partial charge in [-0.05, 0) is 20.4 Å². The zero-order valence-electron chi connectivity index (χ0n) is 18.9. The predicted molar refractivity (Wildman–Crippen MR) is 123 cm³/mol. The lowest BCUT2D eigenvalue weighted by Crippen LogP contribution is -2.73. The second-order valence-electron chi connectivity index (χ2n) is 8.02. The zero-order chi connectivity index (χ0) is 26.8. The van der Waals surface area contributed by atoms with Crippen LogP contribution < -0.4 is 16.8 Å². The van der Waals surface area contributed by atoms with Crippen molar-refractivity contribution < 1.29 is 37.3 Å². The molecular formula is C17H23N9O8S2. The molecule has 36 heavy (non-hydrogen) atoms. The molecule has 17 nitrogen and oxygen atoms in total. The van der Waals surface area contributed by atoms with Gasteiger partial charge in [-0.3, -0.25) is 18.8 Å². The van der Waals surface area contributed by atoms with Crippen molar-refractivity contribution >= 4 is 50.3 Å². The summed E-state index contributed by atoms with van der Waals surface area (Å²) in [5.41, 5.74) is 9.18. The summed E-state index contributed by atoms with van der Waals surface area (Å²) in [6.45, 7) is 2.42. The van der Waals surface area contributed by atoms with Gasteiger partial charge in [0.15, 0.2) is 10.8 Å². The maximum atomic E-state index is 13.1. The number of rotatable bonds is 11. The number of carboxylic acids is 1. The van der Waals surface area contributed by atoms with E-state index in [9.17, 15) is 32.5 Å². The molecule has 0 aromatic carbocycles. The van der Waals surface area contributed by atoms with Crippen molar-refractivity contribution in [1.29, 1.82) is 0 Å². The highest BCUT2D eigenvalue weighted by atomic mass is 32.2. The molecule has 7 N–H and O–H groups in total. The molecule has 19 heteroatoms. The fraction of sp³-hybridized carbons (Fsp3) is 0.471. The number of β-lactam (4-membered cyclic amide) rings is 1. The van der Waals surface area contributed by atoms with E-state index in [1.165, 1.54) is 30.1 Å². The van der Waals surface area contributed by atoms with Crippen LogP contribution in [0.4, 0.5) is 5.13 Å². The second kappa shape index (κ2) is 10.1. The van der Waals surface area contributed by atoms with Gasteiger partial charge in [0.2, 0.25) is 5.60 Å². The maximum Gasteiger partial charge on any atom is 0.362 e. The third-order valence-electron chi connectivity index (χ3n) is 4.92. The van der Waals surface area contributed by atoms with Crippen LogP contribution in [-0.4, -0.2) is 90.1 Å². The Hall–Kier alpha value is -3.68. The first-order valence-electron chi connectivity index (χ1n) is 10.2. The number of thiazole rings is 1. The Balaban J connectivity index is 1.88. The molecule has 0 spiro atoms. The molecule has 3 heterocycles. The normalized spacial score (nSPS) is 18.6. The number of nitrogens with two attached hydrogens (primary N) is 2. The van der Waals surface area contributed by atoms with Crippen LogP contribution in [0.1, 0.15) is 25.2 Å². The van der Waals surface area contributed by atoms with Crippen LogP contribution in [0.15, 0.2) is 16.7 Å². The molecule has 0 radical (unpaired) electrons. The molecular weight excluding hydrogens is 522 g/mol. The number of nitrogens with one attached hydrogen (secondary N) is 1. The highest BCUT2D eigenvalue weighted by molar-refractivity contribution is 7.84. The van der Waals surface area contributed by atoms with Crippen molar-refractivity contribution in [2.24, 2.45) is 10.9 Å². The van der Waals surface area contributed by atoms with Crippen molar-refractivity contribution in [3.05, 3.63) is 23.0 Å². The molecule has 2 amide bonds. The van der Waals surface area contributed by atoms with Crippen LogP contribution in [0.5, 0.6) is 0 Å². The largest absolute Gasteiger partial charge is 0.478 e. The van der Waals surface area contributed by atoms with Gasteiger partial charge in [-0.1, -0.05) is 10.4 Å². The van der Waals surface area contributed by atoms with Crippen molar-refractivity contribution in [3.63, 3.8) is 0 Å². The first-order chi connectivity index (χ1) is 16.7. The lowest BCUT2D eigenvalue weighted by Gasteiger charge is -2.43. The van der Waals surface area contributed by atoms with Crippen molar-refractivity contribution in [2.75, 3.05) is 12.3 Å². The Morgan fingerprint density at radius 3 is 2.64 bits per heavy atom. The fourth-order valence-corrected chi connectivity index (χ4v) is 4.45. The van der Waals surface area contributed by atoms with Gasteiger partial charge in [0.05, 0.1) is 18.3 Å². The first-order valence-corrected chi connectivity index (χ1v) is 12.4. The summed E-state index contributed by atoms with van der Waals surface area (Å²) in [5.74, 6) is -3.53. The Bertz CT molecular complexity index is 1300. The van der Waals surface area contributed by atoms with Crippen LogP contribution in [0.25, 0.3) is 0 Å². The van der Waals surface area contributed by atoms with E-state index in [2.05, 4.69) is 25.8 Å². The summed E-state index contributed by atoms with van der Waals surface area (Å²) >= 11 is 0.960. The lowest BCUT2D eigenvalue weighted by atomic mass is 9.98. The zero-order valence-corrected chi connectivity index (χ0v) is 20.6. The number of aliphatic carboxylic acids is 1. The number of hydrogen-bond donors (Lipinski definition) is 5. The molecule has 2 aromatic heterocycles. The standard InChI is InChI=1S/C17H23N9O8S2/c1-17(2,15(29)30)34-23-11(9-7-35-16(19)20-9)13(27)21-12-10(26(14(12)28)36(31,32)33)6-25-5-8(3-4-18)22-24-25/h5,7,10,12H,3-4,6,18H2,1-2H3,(H2,19,20)(H,21,27)(H,29,30)(H,31,32,33)/t10-,12-/m0/s1. The molecule has 2 aromatic rings. The topological polar surface area (TPSA) is 258 Å². The minimum atomic E-state index is -4.96. The molecule has 1 aliphatic rings. The van der Waals surface area contributed by atoms with E-state index < -0.39 is 51.5 Å². The summed E-state index contributed by atoms with van der Waals surface area (Å²) in [5, 5.41) is 24.3. The third kappa shape index (κ3) is 5.75. The summed E-state index contributed by atoms with van der Waals surface area (Å²) in [7, 11) is -4.96. The Morgan fingerprint density at radius 1 is 1.39 bits per heavy atom. The van der Waals surface area contributed by atoms with Gasteiger partial charge < -0.3 is 26.7 Å². The number of aromatic nitrogens is 4. The van der Waals surface area contributed by atoms with E-state index in [0.717, 1.165) is 11.3 Å². The van der Waals surface area contributed by atoms with Crippen LogP contribution in [0.3, 0.4) is 0 Å². The summed E-state index contributed by atoms with van der Waals surface area (Å²) < 4.78 is 34.4.